The molecule has 0 saturated heterocycles. The molecule has 3 aromatic heterocycles. The molecule has 14 rings (SSSR count). The van der Waals surface area contributed by atoms with Gasteiger partial charge >= 0.3 is 0 Å². The Morgan fingerprint density at radius 1 is 0.386 bits per heavy atom. The molecule has 0 bridgehead atoms. The van der Waals surface area contributed by atoms with Gasteiger partial charge in [-0.15, -0.1) is 0 Å². The van der Waals surface area contributed by atoms with Crippen LogP contribution in [0.25, 0.3) is 66.4 Å². The lowest BCUT2D eigenvalue weighted by Gasteiger charge is -2.34. The first-order valence-corrected chi connectivity index (χ1v) is 28.3. The predicted molar refractivity (Wildman–Crippen MR) is 344 cm³/mol. The molecule has 0 saturated carbocycles. The third-order valence-corrected chi connectivity index (χ3v) is 16.6. The number of ether oxygens (including phenoxy) is 1. The molecule has 8 heteroatoms. The standard InChI is InChI=1S/C38H38BNO.C37H21N5/c1-23-17-25(3)36(26(4)18-23)39(37-27(5)19-24(2)20-28(37)6)38-29(7)21-31(22-30(38)8)40-32-13-9-11-15-34(32)41-35-16-12-10-14-33(35)40;38-22-29-35(24-12-2-1-3-13-24)30(23-39)37(42-33-20-10-6-16-27(33)28-17-7-11-21-34(28)42)40-36(29)41-31-18-8-4-14-25(31)26-15-5-9-19-32(26)41/h9-22H,1-8H3;1-21H. The van der Waals surface area contributed by atoms with Crippen molar-refractivity contribution in [2.45, 2.75) is 55.4 Å². The van der Waals surface area contributed by atoms with E-state index in [1.807, 2.05) is 103 Å². The van der Waals surface area contributed by atoms with E-state index in [1.165, 1.54) is 60.9 Å². The van der Waals surface area contributed by atoms with Gasteiger partial charge in [0.2, 0.25) is 6.71 Å². The molecule has 0 atom stereocenters. The van der Waals surface area contributed by atoms with Crippen LogP contribution in [0, 0.1) is 78.1 Å². The molecule has 7 nitrogen and oxygen atoms in total. The lowest BCUT2D eigenvalue weighted by Crippen LogP contribution is -2.57. The highest BCUT2D eigenvalue weighted by atomic mass is 16.5. The molecular weight excluding hydrogens is 1010 g/mol. The fourth-order valence-electron chi connectivity index (χ4n) is 13.5. The Morgan fingerprint density at radius 3 is 1.08 bits per heavy atom. The maximum atomic E-state index is 10.8. The number of rotatable bonds is 7. The van der Waals surface area contributed by atoms with Gasteiger partial charge in [-0.3, -0.25) is 9.13 Å². The summed E-state index contributed by atoms with van der Waals surface area (Å²) in [6, 6.07) is 78.0. The zero-order valence-corrected chi connectivity index (χ0v) is 47.9. The van der Waals surface area contributed by atoms with Crippen molar-refractivity contribution >= 4 is 83.8 Å². The van der Waals surface area contributed by atoms with Gasteiger partial charge in [-0.25, -0.2) is 4.98 Å². The number of nitrogens with zero attached hydrogens (tertiary/aromatic N) is 6. The maximum Gasteiger partial charge on any atom is 0.243 e. The highest BCUT2D eigenvalue weighted by Gasteiger charge is 2.33. The van der Waals surface area contributed by atoms with Crippen molar-refractivity contribution in [1.82, 2.24) is 14.1 Å². The van der Waals surface area contributed by atoms with Crippen molar-refractivity contribution in [2.24, 2.45) is 0 Å². The van der Waals surface area contributed by atoms with E-state index in [0.717, 1.165) is 77.7 Å². The Bertz CT molecular complexity index is 4430. The third kappa shape index (κ3) is 8.70. The third-order valence-electron chi connectivity index (χ3n) is 16.6. The second-order valence-electron chi connectivity index (χ2n) is 22.1. The van der Waals surface area contributed by atoms with Crippen LogP contribution in [0.2, 0.25) is 0 Å². The highest BCUT2D eigenvalue weighted by molar-refractivity contribution is 6.97. The molecule has 0 radical (unpaired) electrons. The van der Waals surface area contributed by atoms with Crippen LogP contribution < -0.4 is 26.0 Å². The molecule has 0 unspecified atom stereocenters. The number of anilines is 3. The van der Waals surface area contributed by atoms with Crippen molar-refractivity contribution in [2.75, 3.05) is 4.90 Å². The van der Waals surface area contributed by atoms with Gasteiger partial charge in [-0.1, -0.05) is 213 Å². The smallest absolute Gasteiger partial charge is 0.243 e. The number of fused-ring (bicyclic) bond motifs is 8. The quantitative estimate of drug-likeness (QED) is 0.149. The van der Waals surface area contributed by atoms with Gasteiger partial charge in [0.05, 0.1) is 33.4 Å². The summed E-state index contributed by atoms with van der Waals surface area (Å²) in [4.78, 5) is 7.61. The maximum absolute atomic E-state index is 10.8. The van der Waals surface area contributed by atoms with E-state index in [2.05, 4.69) is 191 Å². The number of pyridine rings is 1. The van der Waals surface area contributed by atoms with Gasteiger partial charge in [-0.05, 0) is 122 Å². The first-order chi connectivity index (χ1) is 40.4. The predicted octanol–water partition coefficient (Wildman–Crippen LogP) is 16.9. The zero-order chi connectivity index (χ0) is 57.2. The highest BCUT2D eigenvalue weighted by Crippen LogP contribution is 2.50. The molecule has 0 spiro atoms. The number of nitriles is 2. The van der Waals surface area contributed by atoms with Gasteiger partial charge in [-0.2, -0.15) is 10.5 Å². The van der Waals surface area contributed by atoms with Crippen molar-refractivity contribution in [3.8, 4) is 46.4 Å². The molecule has 10 aromatic carbocycles. The SMILES string of the molecule is Cc1cc(C)c(B(c2c(C)cc(C)cc2C)c2c(C)cc(N3c4ccccc4Oc4ccccc43)cc2C)c(C)c1.N#Cc1c(-n2c3ccccc3c3ccccc32)nc(-n2c3ccccc3c3ccccc32)c(C#N)c1-c1ccccc1. The summed E-state index contributed by atoms with van der Waals surface area (Å²) in [6.07, 6.45) is 0. The molecule has 0 amide bonds. The van der Waals surface area contributed by atoms with Crippen LogP contribution in [0.5, 0.6) is 11.5 Å². The van der Waals surface area contributed by atoms with Gasteiger partial charge in [0.1, 0.15) is 23.3 Å². The Balaban J connectivity index is 0.000000155. The van der Waals surface area contributed by atoms with Crippen LogP contribution in [0.1, 0.15) is 55.6 Å². The number of para-hydroxylation sites is 8. The van der Waals surface area contributed by atoms with Crippen LogP contribution in [0.4, 0.5) is 17.1 Å². The second-order valence-corrected chi connectivity index (χ2v) is 22.1. The van der Waals surface area contributed by atoms with E-state index >= 15 is 0 Å². The van der Waals surface area contributed by atoms with Crippen molar-refractivity contribution in [3.05, 3.63) is 268 Å². The molecule has 1 aliphatic rings. The average molecular weight is 1070 g/mol. The fraction of sp³-hybridized carbons (Fsp3) is 0.107. The molecule has 83 heavy (non-hydrogen) atoms. The largest absolute Gasteiger partial charge is 0.453 e. The van der Waals surface area contributed by atoms with Crippen molar-refractivity contribution in [3.63, 3.8) is 0 Å². The number of hydrogen-bond donors (Lipinski definition) is 0. The van der Waals surface area contributed by atoms with E-state index in [1.54, 1.807) is 0 Å². The van der Waals surface area contributed by atoms with E-state index in [4.69, 9.17) is 9.72 Å². The first kappa shape index (κ1) is 52.0. The molecule has 0 fully saturated rings. The van der Waals surface area contributed by atoms with Crippen LogP contribution in [-0.2, 0) is 0 Å². The minimum Gasteiger partial charge on any atom is -0.453 e. The van der Waals surface area contributed by atoms with Gasteiger partial charge in [0.15, 0.2) is 23.1 Å². The molecule has 0 aliphatic carbocycles. The topological polar surface area (TPSA) is 82.8 Å². The Kier molecular flexibility index (Phi) is 13.1. The van der Waals surface area contributed by atoms with Gasteiger partial charge in [0.25, 0.3) is 0 Å². The van der Waals surface area contributed by atoms with Gasteiger partial charge < -0.3 is 9.64 Å². The Hall–Kier alpha value is -10.4. The van der Waals surface area contributed by atoms with Crippen LogP contribution >= 0.6 is 0 Å². The number of aryl methyl sites for hydroxylation is 8. The van der Waals surface area contributed by atoms with Crippen LogP contribution in [-0.4, -0.2) is 20.8 Å². The van der Waals surface area contributed by atoms with Gasteiger partial charge in [0, 0.05) is 32.8 Å². The minimum absolute atomic E-state index is 0.148. The minimum atomic E-state index is 0.148. The summed E-state index contributed by atoms with van der Waals surface area (Å²) < 4.78 is 10.4. The molecule has 4 heterocycles. The normalized spacial score (nSPS) is 11.7. The summed E-state index contributed by atoms with van der Waals surface area (Å²) in [7, 11) is 0. The number of aromatic nitrogens is 3. The lowest BCUT2D eigenvalue weighted by molar-refractivity contribution is 0.477. The second kappa shape index (κ2) is 20.9. The Labute approximate surface area is 485 Å². The fourth-order valence-corrected chi connectivity index (χ4v) is 13.5. The van der Waals surface area contributed by atoms with Crippen molar-refractivity contribution in [1.29, 1.82) is 10.5 Å². The van der Waals surface area contributed by atoms with Crippen LogP contribution in [0.15, 0.2) is 212 Å². The molecule has 398 valence electrons. The number of benzene rings is 10. The average Bonchev–Trinajstić information content (AvgIpc) is 3.48. The molecular formula is C75H59BN6O. The zero-order valence-electron chi connectivity index (χ0n) is 47.9. The summed E-state index contributed by atoms with van der Waals surface area (Å²) in [5.41, 5.74) is 24.0. The molecule has 13 aromatic rings. The molecule has 1 aliphatic heterocycles. The van der Waals surface area contributed by atoms with E-state index in [9.17, 15) is 10.5 Å². The summed E-state index contributed by atoms with van der Waals surface area (Å²) >= 11 is 0. The molecule has 0 N–H and O–H groups in total. The summed E-state index contributed by atoms with van der Waals surface area (Å²) in [6.45, 7) is 18.2. The summed E-state index contributed by atoms with van der Waals surface area (Å²) in [5.74, 6) is 2.73. The lowest BCUT2D eigenvalue weighted by atomic mass is 9.33. The van der Waals surface area contributed by atoms with Crippen LogP contribution in [0.3, 0.4) is 0 Å². The van der Waals surface area contributed by atoms with Crippen molar-refractivity contribution < 1.29 is 4.74 Å². The first-order valence-electron chi connectivity index (χ1n) is 28.3. The summed E-state index contributed by atoms with van der Waals surface area (Å²) in [5, 5.41) is 25.8. The van der Waals surface area contributed by atoms with E-state index in [0.29, 0.717) is 28.3 Å². The number of hydrogen-bond acceptors (Lipinski definition) is 5. The van der Waals surface area contributed by atoms with E-state index in [-0.39, 0.29) is 6.71 Å². The van der Waals surface area contributed by atoms with E-state index < -0.39 is 0 Å². The monoisotopic (exact) mass is 1070 g/mol. The Morgan fingerprint density at radius 2 is 0.711 bits per heavy atom.